The van der Waals surface area contributed by atoms with Crippen molar-refractivity contribution in [2.45, 2.75) is 40.3 Å². The Labute approximate surface area is 379 Å². The second-order valence-corrected chi connectivity index (χ2v) is 14.9. The maximum atomic E-state index is 13.7. The van der Waals surface area contributed by atoms with E-state index in [1.807, 2.05) is 93.6 Å². The summed E-state index contributed by atoms with van der Waals surface area (Å²) in [6.07, 6.45) is 0.292. The minimum absolute atomic E-state index is 0.0542. The molecule has 1 heterocycles. The van der Waals surface area contributed by atoms with Crippen LogP contribution >= 0.6 is 15.9 Å². The molecule has 0 spiro atoms. The minimum atomic E-state index is -1.45. The Kier molecular flexibility index (Phi) is 17.7. The lowest BCUT2D eigenvalue weighted by Crippen LogP contribution is -2.29. The summed E-state index contributed by atoms with van der Waals surface area (Å²) in [6, 6.07) is 37.4. The van der Waals surface area contributed by atoms with Gasteiger partial charge in [-0.25, -0.2) is 26.9 Å². The Bertz CT molecular complexity index is 3040. The second-order valence-electron chi connectivity index (χ2n) is 14.1. The number of hydrogen-bond donors (Lipinski definition) is 4. The van der Waals surface area contributed by atoms with Crippen LogP contribution in [0.5, 0.6) is 0 Å². The molecule has 316 valence electrons. The van der Waals surface area contributed by atoms with E-state index in [1.54, 1.807) is 36.4 Å². The minimum Gasteiger partial charge on any atom is -0.423 e. The average molecular weight is 915 g/mol. The molecule has 0 amide bonds. The van der Waals surface area contributed by atoms with Crippen LogP contribution in [-0.4, -0.2) is 27.1 Å². The first-order chi connectivity index (χ1) is 30.6. The van der Waals surface area contributed by atoms with Crippen LogP contribution in [0.1, 0.15) is 44.5 Å². The van der Waals surface area contributed by atoms with Crippen molar-refractivity contribution in [1.82, 2.24) is 9.97 Å². The summed E-state index contributed by atoms with van der Waals surface area (Å²) in [5.41, 5.74) is 22.1. The molecule has 0 aliphatic carbocycles. The van der Waals surface area contributed by atoms with Gasteiger partial charge >= 0.3 is 7.12 Å². The summed E-state index contributed by atoms with van der Waals surface area (Å²) < 4.78 is 27.2. The number of benzene rings is 6. The van der Waals surface area contributed by atoms with E-state index < -0.39 is 18.8 Å². The smallest absolute Gasteiger partial charge is 0.423 e. The molecule has 0 aliphatic rings. The number of aromatic nitrogens is 2. The number of nitriles is 3. The molecule has 15 heteroatoms. The summed E-state index contributed by atoms with van der Waals surface area (Å²) in [4.78, 5) is 15.0. The van der Waals surface area contributed by atoms with Gasteiger partial charge in [0.15, 0.2) is 0 Å². The van der Waals surface area contributed by atoms with Crippen LogP contribution in [0.2, 0.25) is 0 Å². The lowest BCUT2D eigenvalue weighted by molar-refractivity contribution is 0.425. The van der Waals surface area contributed by atoms with Gasteiger partial charge in [0, 0.05) is 21.0 Å². The molecule has 0 atom stereocenters. The summed E-state index contributed by atoms with van der Waals surface area (Å²) in [7, 11) is -1.45. The first-order valence-corrected chi connectivity index (χ1v) is 20.0. The third-order valence-electron chi connectivity index (χ3n) is 9.42. The van der Waals surface area contributed by atoms with Crippen molar-refractivity contribution in [3.8, 4) is 40.5 Å². The standard InChI is InChI=1S/C17H15N5.C16H11FN2.C8H8BNO2.C8H5BrFN/c1-10-6-14-15(21-17(19)22-16(14)18)8-13(10)12-5-3-4-11(7-12)9-20-2;1-11-6-14(9-18)16(17)8-15(11)13-5-3-4-12(7-13)10-19-2;10-5-4-7-2-1-3-8(6-7)9(11)12;1-5-2-6(4-11)8(10)3-7(5)9/h3-8H,9H2,1H3,(H4,18,19,21,22);3-8H,10H2,1H3;1-3,6,11-12H,4H2;2-3H,1H3. The van der Waals surface area contributed by atoms with Crippen LogP contribution in [-0.2, 0) is 19.5 Å². The summed E-state index contributed by atoms with van der Waals surface area (Å²) >= 11 is 3.16. The number of anilines is 2. The highest BCUT2D eigenvalue weighted by Gasteiger charge is 2.13. The highest BCUT2D eigenvalue weighted by atomic mass is 79.9. The topological polar surface area (TPSA) is 198 Å². The molecular weight excluding hydrogens is 875 g/mol. The molecule has 11 nitrogen and oxygen atoms in total. The molecule has 0 aliphatic heterocycles. The lowest BCUT2D eigenvalue weighted by atomic mass is 9.79. The fourth-order valence-corrected chi connectivity index (χ4v) is 6.59. The van der Waals surface area contributed by atoms with Gasteiger partial charge in [-0.3, -0.25) is 0 Å². The van der Waals surface area contributed by atoms with Crippen molar-refractivity contribution in [1.29, 1.82) is 15.8 Å². The van der Waals surface area contributed by atoms with Crippen molar-refractivity contribution in [2.24, 2.45) is 0 Å². The molecule has 6 N–H and O–H groups in total. The van der Waals surface area contributed by atoms with Crippen LogP contribution in [0.25, 0.3) is 42.8 Å². The van der Waals surface area contributed by atoms with Gasteiger partial charge in [0.25, 0.3) is 0 Å². The number of rotatable bonds is 6. The third kappa shape index (κ3) is 13.3. The van der Waals surface area contributed by atoms with Gasteiger partial charge in [0.1, 0.15) is 29.6 Å². The number of nitrogen functional groups attached to an aromatic ring is 2. The molecule has 0 radical (unpaired) electrons. The molecule has 7 rings (SSSR count). The Balaban J connectivity index is 0.000000195. The van der Waals surface area contributed by atoms with Crippen LogP contribution < -0.4 is 16.9 Å². The molecule has 1 aromatic heterocycles. The molecule has 0 saturated heterocycles. The Morgan fingerprint density at radius 3 is 1.73 bits per heavy atom. The highest BCUT2D eigenvalue weighted by molar-refractivity contribution is 9.10. The number of halogens is 3. The number of aryl methyl sites for hydroxylation is 3. The zero-order valence-electron chi connectivity index (χ0n) is 34.9. The molecule has 0 bridgehead atoms. The summed E-state index contributed by atoms with van der Waals surface area (Å²) in [5, 5.41) is 44.0. The van der Waals surface area contributed by atoms with E-state index in [0.717, 1.165) is 66.5 Å². The highest BCUT2D eigenvalue weighted by Crippen LogP contribution is 2.31. The molecule has 6 aromatic carbocycles. The van der Waals surface area contributed by atoms with E-state index in [2.05, 4.69) is 35.6 Å². The van der Waals surface area contributed by atoms with Gasteiger partial charge in [-0.1, -0.05) is 76.6 Å². The second kappa shape index (κ2) is 23.3. The van der Waals surface area contributed by atoms with Gasteiger partial charge in [0.05, 0.1) is 29.1 Å². The number of nitrogens with two attached hydrogens (primary N) is 2. The fourth-order valence-electron chi connectivity index (χ4n) is 6.27. The Morgan fingerprint density at radius 1 is 0.672 bits per heavy atom. The zero-order valence-corrected chi connectivity index (χ0v) is 36.5. The van der Waals surface area contributed by atoms with E-state index in [0.29, 0.717) is 35.3 Å². The number of nitrogens with zero attached hydrogens (tertiary/aromatic N) is 7. The molecule has 64 heavy (non-hydrogen) atoms. The monoisotopic (exact) mass is 913 g/mol. The third-order valence-corrected chi connectivity index (χ3v) is 10.3. The van der Waals surface area contributed by atoms with Gasteiger partial charge in [0.2, 0.25) is 19.0 Å². The number of fused-ring (bicyclic) bond motifs is 1. The van der Waals surface area contributed by atoms with E-state index in [4.69, 9.17) is 50.4 Å². The van der Waals surface area contributed by atoms with Crippen molar-refractivity contribution in [2.75, 3.05) is 11.5 Å². The van der Waals surface area contributed by atoms with Crippen molar-refractivity contribution >= 4 is 51.2 Å². The average Bonchev–Trinajstić information content (AvgIpc) is 3.27. The first-order valence-electron chi connectivity index (χ1n) is 19.2. The first kappa shape index (κ1) is 48.7. The molecule has 7 aromatic rings. The fraction of sp³-hybridized carbons (Fsp3) is 0.122. The summed E-state index contributed by atoms with van der Waals surface area (Å²) in [5.74, 6) is -0.441. The normalized spacial score (nSPS) is 9.80. The van der Waals surface area contributed by atoms with Gasteiger partial charge < -0.3 is 31.2 Å². The maximum Gasteiger partial charge on any atom is 0.488 e. The predicted molar refractivity (Wildman–Crippen MR) is 250 cm³/mol. The Hall–Kier alpha value is -7.97. The van der Waals surface area contributed by atoms with Crippen molar-refractivity contribution in [3.05, 3.63) is 193 Å². The Morgan fingerprint density at radius 2 is 1.19 bits per heavy atom. The quantitative estimate of drug-likeness (QED) is 0.0927. The lowest BCUT2D eigenvalue weighted by Gasteiger charge is -2.10. The SMILES string of the molecule is Cc1cc(C#N)c(F)cc1Br.N#CCc1cccc(B(O)O)c1.[C-]#[N+]Cc1cccc(-c2cc(F)c(C#N)cc2C)c1.[C-]#[N+]Cc1cccc(-c2cc3nc(N)nc(N)c3cc2C)c1. The predicted octanol–water partition coefficient (Wildman–Crippen LogP) is 9.48. The molecule has 0 unspecified atom stereocenters. The molecular formula is C49H39BBrF2N9O2. The van der Waals surface area contributed by atoms with Crippen molar-refractivity contribution in [3.63, 3.8) is 0 Å². The number of hydrogen-bond acceptors (Lipinski definition) is 9. The summed E-state index contributed by atoms with van der Waals surface area (Å²) in [6.45, 7) is 20.2. The van der Waals surface area contributed by atoms with E-state index in [-0.39, 0.29) is 17.1 Å². The van der Waals surface area contributed by atoms with Gasteiger partial charge in [-0.15, -0.1) is 0 Å². The zero-order chi connectivity index (χ0) is 46.9. The maximum absolute atomic E-state index is 13.7. The van der Waals surface area contributed by atoms with Crippen molar-refractivity contribution < 1.29 is 18.8 Å². The largest absolute Gasteiger partial charge is 0.488 e. The molecule has 0 fully saturated rings. The van der Waals surface area contributed by atoms with E-state index in [9.17, 15) is 8.78 Å². The van der Waals surface area contributed by atoms with Crippen LogP contribution in [0.3, 0.4) is 0 Å². The van der Waals surface area contributed by atoms with E-state index >= 15 is 0 Å². The van der Waals surface area contributed by atoms with Gasteiger partial charge in [-0.2, -0.15) is 20.8 Å². The van der Waals surface area contributed by atoms with Crippen LogP contribution in [0.4, 0.5) is 20.5 Å². The van der Waals surface area contributed by atoms with Crippen LogP contribution in [0.15, 0.2) is 114 Å². The van der Waals surface area contributed by atoms with Gasteiger partial charge in [-0.05, 0) is 119 Å². The molecule has 0 saturated carbocycles. The van der Waals surface area contributed by atoms with E-state index in [1.165, 1.54) is 18.2 Å². The van der Waals surface area contributed by atoms with Crippen LogP contribution in [0, 0.1) is 79.5 Å².